The second-order valence-corrected chi connectivity index (χ2v) is 9.45. The van der Waals surface area contributed by atoms with E-state index in [9.17, 15) is 34.4 Å². The summed E-state index contributed by atoms with van der Waals surface area (Å²) in [5, 5.41) is 5.96. The zero-order chi connectivity index (χ0) is 22.2. The van der Waals surface area contributed by atoms with Crippen LogP contribution in [0.25, 0.3) is 0 Å². The SMILES string of the molecule is CN(/N=C/c1ccc(F)c(C(F)(F)F)c1)S(=O)(=O)c1ncn(S(=O)(=O)N(C)C)n1. The third-order valence-electron chi connectivity index (χ3n) is 3.39. The smallest absolute Gasteiger partial charge is 0.206 e. The van der Waals surface area contributed by atoms with Crippen LogP contribution in [0.5, 0.6) is 0 Å². The topological polar surface area (TPSA) is 118 Å². The molecular formula is C13H14F4N6O4S2. The van der Waals surface area contributed by atoms with E-state index in [2.05, 4.69) is 15.2 Å². The van der Waals surface area contributed by atoms with Crippen LogP contribution in [0.2, 0.25) is 0 Å². The molecule has 1 aromatic carbocycles. The third kappa shape index (κ3) is 4.70. The van der Waals surface area contributed by atoms with Crippen LogP contribution in [0.3, 0.4) is 0 Å². The van der Waals surface area contributed by atoms with Gasteiger partial charge < -0.3 is 0 Å². The lowest BCUT2D eigenvalue weighted by molar-refractivity contribution is -0.140. The predicted octanol–water partition coefficient (Wildman–Crippen LogP) is 0.745. The van der Waals surface area contributed by atoms with Gasteiger partial charge in [-0.25, -0.2) is 9.37 Å². The molecular weight excluding hydrogens is 444 g/mol. The molecule has 1 aromatic heterocycles. The molecule has 0 radical (unpaired) electrons. The van der Waals surface area contributed by atoms with Crippen LogP contribution in [-0.4, -0.2) is 67.1 Å². The van der Waals surface area contributed by atoms with Crippen molar-refractivity contribution in [2.75, 3.05) is 21.1 Å². The van der Waals surface area contributed by atoms with Gasteiger partial charge in [-0.05, 0) is 17.7 Å². The molecule has 0 aliphatic carbocycles. The van der Waals surface area contributed by atoms with Crippen molar-refractivity contribution < 1.29 is 34.4 Å². The van der Waals surface area contributed by atoms with E-state index >= 15 is 0 Å². The fourth-order valence-corrected chi connectivity index (χ4v) is 3.31. The number of rotatable bonds is 6. The number of sulfonamides is 1. The van der Waals surface area contributed by atoms with Crippen molar-refractivity contribution in [3.05, 3.63) is 41.5 Å². The number of aromatic nitrogens is 3. The molecule has 0 amide bonds. The Morgan fingerprint density at radius 2 is 1.76 bits per heavy atom. The van der Waals surface area contributed by atoms with Gasteiger partial charge in [-0.1, -0.05) is 6.07 Å². The highest BCUT2D eigenvalue weighted by atomic mass is 32.2. The molecule has 0 aliphatic heterocycles. The molecule has 0 saturated carbocycles. The molecule has 29 heavy (non-hydrogen) atoms. The molecule has 160 valence electrons. The van der Waals surface area contributed by atoms with E-state index in [4.69, 9.17) is 0 Å². The molecule has 0 spiro atoms. The van der Waals surface area contributed by atoms with E-state index in [1.807, 2.05) is 0 Å². The van der Waals surface area contributed by atoms with Crippen LogP contribution in [0.1, 0.15) is 11.1 Å². The van der Waals surface area contributed by atoms with Crippen molar-refractivity contribution in [1.82, 2.24) is 22.9 Å². The maximum atomic E-state index is 13.3. The first-order valence-electron chi connectivity index (χ1n) is 7.41. The first-order valence-corrected chi connectivity index (χ1v) is 10.3. The maximum Gasteiger partial charge on any atom is 0.419 e. The molecule has 0 saturated heterocycles. The summed E-state index contributed by atoms with van der Waals surface area (Å²) in [6.07, 6.45) is -3.53. The Morgan fingerprint density at radius 3 is 2.31 bits per heavy atom. The van der Waals surface area contributed by atoms with Crippen molar-refractivity contribution in [2.24, 2.45) is 5.10 Å². The maximum absolute atomic E-state index is 13.3. The second-order valence-electron chi connectivity index (χ2n) is 5.61. The molecule has 16 heteroatoms. The van der Waals surface area contributed by atoms with Crippen molar-refractivity contribution in [2.45, 2.75) is 11.3 Å². The van der Waals surface area contributed by atoms with Crippen LogP contribution < -0.4 is 0 Å². The molecule has 0 N–H and O–H groups in total. The number of nitrogens with zero attached hydrogens (tertiary/aromatic N) is 6. The molecule has 1 heterocycles. The molecule has 0 bridgehead atoms. The zero-order valence-electron chi connectivity index (χ0n) is 15.0. The van der Waals surface area contributed by atoms with Crippen LogP contribution in [0, 0.1) is 5.82 Å². The molecule has 2 aromatic rings. The van der Waals surface area contributed by atoms with E-state index in [1.165, 1.54) is 14.1 Å². The van der Waals surface area contributed by atoms with Crippen molar-refractivity contribution in [1.29, 1.82) is 0 Å². The van der Waals surface area contributed by atoms with Gasteiger partial charge in [0.2, 0.25) is 0 Å². The fourth-order valence-electron chi connectivity index (χ4n) is 1.80. The summed E-state index contributed by atoms with van der Waals surface area (Å²) in [5.74, 6) is -1.49. The Balaban J connectivity index is 2.31. The standard InChI is InChI=1S/C13H14F4N6O4S2/c1-21(2)29(26,27)23-8-18-12(20-23)28(24,25)22(3)19-7-9-4-5-11(14)10(6-9)13(15,16)17/h4-8H,1-3H3/b19-7+. The summed E-state index contributed by atoms with van der Waals surface area (Å²) in [4.78, 5) is 3.41. The Bertz CT molecular complexity index is 1140. The molecule has 0 atom stereocenters. The van der Waals surface area contributed by atoms with Gasteiger partial charge in [0.15, 0.2) is 0 Å². The van der Waals surface area contributed by atoms with E-state index in [1.54, 1.807) is 0 Å². The van der Waals surface area contributed by atoms with Gasteiger partial charge in [-0.2, -0.15) is 43.8 Å². The summed E-state index contributed by atoms with van der Waals surface area (Å²) in [6.45, 7) is 0. The minimum absolute atomic E-state index is 0.227. The number of hydrogen-bond donors (Lipinski definition) is 0. The number of hydrazone groups is 1. The molecule has 10 nitrogen and oxygen atoms in total. The molecule has 0 aliphatic rings. The van der Waals surface area contributed by atoms with Gasteiger partial charge >= 0.3 is 26.4 Å². The minimum atomic E-state index is -4.94. The van der Waals surface area contributed by atoms with Crippen LogP contribution in [-0.2, 0) is 26.4 Å². The van der Waals surface area contributed by atoms with E-state index in [0.29, 0.717) is 27.0 Å². The normalized spacial score (nSPS) is 13.4. The van der Waals surface area contributed by atoms with Crippen molar-refractivity contribution >= 4 is 26.4 Å². The van der Waals surface area contributed by atoms with Gasteiger partial charge in [0, 0.05) is 21.1 Å². The fraction of sp³-hybridized carbons (Fsp3) is 0.308. The average molecular weight is 458 g/mol. The highest BCUT2D eigenvalue weighted by Gasteiger charge is 2.34. The van der Waals surface area contributed by atoms with Crippen LogP contribution in [0.4, 0.5) is 17.6 Å². The number of alkyl halides is 3. The van der Waals surface area contributed by atoms with E-state index < -0.39 is 42.9 Å². The Kier molecular flexibility index (Phi) is 6.01. The zero-order valence-corrected chi connectivity index (χ0v) is 16.7. The van der Waals surface area contributed by atoms with Gasteiger partial charge in [-0.3, -0.25) is 0 Å². The van der Waals surface area contributed by atoms with E-state index in [-0.39, 0.29) is 5.56 Å². The molecule has 2 rings (SSSR count). The first kappa shape index (κ1) is 22.7. The average Bonchev–Trinajstić information content (AvgIpc) is 3.11. The second kappa shape index (κ2) is 7.68. The van der Waals surface area contributed by atoms with Gasteiger partial charge in [0.1, 0.15) is 12.1 Å². The lowest BCUT2D eigenvalue weighted by Gasteiger charge is -2.12. The summed E-state index contributed by atoms with van der Waals surface area (Å²) in [5.41, 5.74) is -1.77. The summed E-state index contributed by atoms with van der Waals surface area (Å²) in [6, 6.07) is 1.98. The van der Waals surface area contributed by atoms with Crippen LogP contribution >= 0.6 is 0 Å². The monoisotopic (exact) mass is 458 g/mol. The lowest BCUT2D eigenvalue weighted by Crippen LogP contribution is -2.30. The molecule has 0 fully saturated rings. The van der Waals surface area contributed by atoms with Crippen LogP contribution in [0.15, 0.2) is 34.8 Å². The summed E-state index contributed by atoms with van der Waals surface area (Å²) < 4.78 is 101. The quantitative estimate of drug-likeness (QED) is 0.358. The number of halogens is 4. The molecule has 0 unspecified atom stereocenters. The largest absolute Gasteiger partial charge is 0.419 e. The van der Waals surface area contributed by atoms with Gasteiger partial charge in [-0.15, -0.1) is 9.19 Å². The van der Waals surface area contributed by atoms with Crippen molar-refractivity contribution in [3.8, 4) is 0 Å². The first-order chi connectivity index (χ1) is 13.2. The minimum Gasteiger partial charge on any atom is -0.206 e. The van der Waals surface area contributed by atoms with Crippen molar-refractivity contribution in [3.63, 3.8) is 0 Å². The number of hydrogen-bond acceptors (Lipinski definition) is 7. The predicted molar refractivity (Wildman–Crippen MR) is 92.0 cm³/mol. The Morgan fingerprint density at radius 1 is 1.14 bits per heavy atom. The highest BCUT2D eigenvalue weighted by molar-refractivity contribution is 7.89. The highest BCUT2D eigenvalue weighted by Crippen LogP contribution is 2.31. The number of benzene rings is 1. The third-order valence-corrected chi connectivity index (χ3v) is 6.40. The Labute approximate surface area is 163 Å². The summed E-state index contributed by atoms with van der Waals surface area (Å²) >= 11 is 0. The van der Waals surface area contributed by atoms with E-state index in [0.717, 1.165) is 23.6 Å². The van der Waals surface area contributed by atoms with Gasteiger partial charge in [0.25, 0.3) is 5.16 Å². The van der Waals surface area contributed by atoms with Gasteiger partial charge in [0.05, 0.1) is 11.8 Å². The Hall–Kier alpha value is -2.59. The summed E-state index contributed by atoms with van der Waals surface area (Å²) in [7, 11) is -5.30. The lowest BCUT2D eigenvalue weighted by atomic mass is 10.1.